The number of pyridine rings is 1. The van der Waals surface area contributed by atoms with Gasteiger partial charge >= 0.3 is 0 Å². The average Bonchev–Trinajstić information content (AvgIpc) is 3.00. The van der Waals surface area contributed by atoms with Crippen molar-refractivity contribution in [3.8, 4) is 0 Å². The van der Waals surface area contributed by atoms with E-state index in [0.717, 1.165) is 21.6 Å². The average molecular weight is 298 g/mol. The lowest BCUT2D eigenvalue weighted by molar-refractivity contribution is 0.0953. The minimum atomic E-state index is -0.138. The highest BCUT2D eigenvalue weighted by atomic mass is 32.1. The van der Waals surface area contributed by atoms with Crippen LogP contribution in [0.15, 0.2) is 58.2 Å². The normalized spacial score (nSPS) is 10.7. The lowest BCUT2D eigenvalue weighted by Crippen LogP contribution is -2.25. The number of hydrogen-bond acceptors (Lipinski definition) is 4. The fourth-order valence-corrected chi connectivity index (χ4v) is 2.40. The van der Waals surface area contributed by atoms with Crippen molar-refractivity contribution < 1.29 is 9.21 Å². The number of rotatable bonds is 4. The summed E-state index contributed by atoms with van der Waals surface area (Å²) in [6.45, 7) is 0.525. The lowest BCUT2D eigenvalue weighted by atomic mass is 10.1. The first kappa shape index (κ1) is 13.7. The van der Waals surface area contributed by atoms with Crippen molar-refractivity contribution in [1.82, 2.24) is 10.3 Å². The molecule has 0 aliphatic carbocycles. The van der Waals surface area contributed by atoms with Crippen molar-refractivity contribution in [2.45, 2.75) is 11.3 Å². The molecule has 0 spiro atoms. The zero-order valence-corrected chi connectivity index (χ0v) is 12.1. The van der Waals surface area contributed by atoms with Crippen LogP contribution in [0.25, 0.3) is 10.9 Å². The summed E-state index contributed by atoms with van der Waals surface area (Å²) < 4.78 is 5.22. The van der Waals surface area contributed by atoms with Crippen molar-refractivity contribution in [2.75, 3.05) is 6.54 Å². The fraction of sp³-hybridized carbons (Fsp3) is 0.125. The monoisotopic (exact) mass is 298 g/mol. The molecular weight excluding hydrogens is 284 g/mol. The van der Waals surface area contributed by atoms with Crippen molar-refractivity contribution in [2.24, 2.45) is 0 Å². The molecule has 3 rings (SSSR count). The Hall–Kier alpha value is -2.27. The Morgan fingerprint density at radius 1 is 1.29 bits per heavy atom. The highest BCUT2D eigenvalue weighted by Crippen LogP contribution is 2.20. The quantitative estimate of drug-likeness (QED) is 0.728. The molecule has 106 valence electrons. The smallest absolute Gasteiger partial charge is 0.252 e. The van der Waals surface area contributed by atoms with Crippen LogP contribution >= 0.6 is 12.6 Å². The van der Waals surface area contributed by atoms with Gasteiger partial charge in [0, 0.05) is 29.4 Å². The van der Waals surface area contributed by atoms with Crippen molar-refractivity contribution >= 4 is 29.4 Å². The summed E-state index contributed by atoms with van der Waals surface area (Å²) in [7, 11) is 0. The number of carbonyl (C=O) groups excluding carboxylic acids is 1. The molecule has 2 aromatic heterocycles. The Morgan fingerprint density at radius 3 is 3.00 bits per heavy atom. The number of thiol groups is 1. The van der Waals surface area contributed by atoms with Gasteiger partial charge in [0.2, 0.25) is 0 Å². The van der Waals surface area contributed by atoms with E-state index in [9.17, 15) is 4.79 Å². The number of benzene rings is 1. The van der Waals surface area contributed by atoms with Crippen molar-refractivity contribution in [3.05, 3.63) is 60.2 Å². The van der Waals surface area contributed by atoms with E-state index in [0.29, 0.717) is 18.5 Å². The molecule has 0 saturated heterocycles. The van der Waals surface area contributed by atoms with Gasteiger partial charge in [-0.15, -0.1) is 12.6 Å². The van der Waals surface area contributed by atoms with E-state index in [4.69, 9.17) is 4.42 Å². The molecular formula is C16H14N2O2S. The summed E-state index contributed by atoms with van der Waals surface area (Å²) in [4.78, 5) is 17.2. The number of amides is 1. The van der Waals surface area contributed by atoms with E-state index in [1.54, 1.807) is 12.5 Å². The van der Waals surface area contributed by atoms with E-state index >= 15 is 0 Å². The van der Waals surface area contributed by atoms with Crippen LogP contribution in [0.2, 0.25) is 0 Å². The van der Waals surface area contributed by atoms with E-state index in [-0.39, 0.29) is 5.91 Å². The fourth-order valence-electron chi connectivity index (χ4n) is 2.13. The topological polar surface area (TPSA) is 55.1 Å². The van der Waals surface area contributed by atoms with Gasteiger partial charge in [-0.25, -0.2) is 0 Å². The molecule has 0 aliphatic heterocycles. The predicted molar refractivity (Wildman–Crippen MR) is 83.7 cm³/mol. The molecule has 0 aliphatic rings. The second-order valence-electron chi connectivity index (χ2n) is 4.66. The summed E-state index contributed by atoms with van der Waals surface area (Å²) in [5.74, 6) is 0.715. The molecule has 0 unspecified atom stereocenters. The standard InChI is InChI=1S/C16H14N2O2S/c19-16(17-7-6-13-4-2-8-20-13)12-9-11-3-1-5-14(21)15(11)18-10-12/h1-5,8-10,21H,6-7H2,(H,17,19). The number of nitrogens with one attached hydrogen (secondary N) is 1. The van der Waals surface area contributed by atoms with Gasteiger partial charge in [0.15, 0.2) is 0 Å². The summed E-state index contributed by atoms with van der Waals surface area (Å²) >= 11 is 4.35. The molecule has 1 amide bonds. The number of para-hydroxylation sites is 1. The van der Waals surface area contributed by atoms with Gasteiger partial charge in [-0.05, 0) is 24.3 Å². The summed E-state index contributed by atoms with van der Waals surface area (Å²) in [5, 5.41) is 3.76. The minimum absolute atomic E-state index is 0.138. The molecule has 0 radical (unpaired) electrons. The number of carbonyl (C=O) groups is 1. The number of furan rings is 1. The maximum absolute atomic E-state index is 12.1. The first-order chi connectivity index (χ1) is 10.2. The first-order valence-corrected chi connectivity index (χ1v) is 7.07. The highest BCUT2D eigenvalue weighted by molar-refractivity contribution is 7.80. The largest absolute Gasteiger partial charge is 0.469 e. The molecule has 0 fully saturated rings. The Kier molecular flexibility index (Phi) is 3.92. The third-order valence-electron chi connectivity index (χ3n) is 3.19. The zero-order chi connectivity index (χ0) is 14.7. The second-order valence-corrected chi connectivity index (χ2v) is 5.14. The summed E-state index contributed by atoms with van der Waals surface area (Å²) in [6, 6.07) is 11.2. The summed E-state index contributed by atoms with van der Waals surface area (Å²) in [5.41, 5.74) is 1.34. The zero-order valence-electron chi connectivity index (χ0n) is 11.2. The number of aromatic nitrogens is 1. The Bertz CT molecular complexity index is 769. The maximum Gasteiger partial charge on any atom is 0.252 e. The van der Waals surface area contributed by atoms with Gasteiger partial charge in [0.1, 0.15) is 5.76 Å². The Morgan fingerprint density at radius 2 is 2.19 bits per heavy atom. The molecule has 21 heavy (non-hydrogen) atoms. The van der Waals surface area contributed by atoms with Gasteiger partial charge in [0.05, 0.1) is 17.3 Å². The maximum atomic E-state index is 12.1. The van der Waals surface area contributed by atoms with Crippen LogP contribution in [0.3, 0.4) is 0 Å². The van der Waals surface area contributed by atoms with E-state index in [2.05, 4.69) is 22.9 Å². The van der Waals surface area contributed by atoms with Crippen molar-refractivity contribution in [1.29, 1.82) is 0 Å². The van der Waals surface area contributed by atoms with Gasteiger partial charge in [-0.2, -0.15) is 0 Å². The summed E-state index contributed by atoms with van der Waals surface area (Å²) in [6.07, 6.45) is 3.87. The third-order valence-corrected chi connectivity index (χ3v) is 3.55. The van der Waals surface area contributed by atoms with Crippen LogP contribution in [0.4, 0.5) is 0 Å². The minimum Gasteiger partial charge on any atom is -0.469 e. The Balaban J connectivity index is 1.69. The second kappa shape index (κ2) is 6.01. The number of nitrogens with zero attached hydrogens (tertiary/aromatic N) is 1. The van der Waals surface area contributed by atoms with Gasteiger partial charge in [0.25, 0.3) is 5.91 Å². The molecule has 3 aromatic rings. The molecule has 2 heterocycles. The van der Waals surface area contributed by atoms with Gasteiger partial charge in [-0.1, -0.05) is 12.1 Å². The van der Waals surface area contributed by atoms with Gasteiger partial charge < -0.3 is 9.73 Å². The molecule has 5 heteroatoms. The van der Waals surface area contributed by atoms with Crippen LogP contribution in [-0.4, -0.2) is 17.4 Å². The molecule has 1 N–H and O–H groups in total. The predicted octanol–water partition coefficient (Wildman–Crippen LogP) is 3.09. The van der Waals surface area contributed by atoms with Crippen molar-refractivity contribution in [3.63, 3.8) is 0 Å². The molecule has 4 nitrogen and oxygen atoms in total. The van der Waals surface area contributed by atoms with Gasteiger partial charge in [-0.3, -0.25) is 9.78 Å². The number of hydrogen-bond donors (Lipinski definition) is 2. The molecule has 0 saturated carbocycles. The van der Waals surface area contributed by atoms with Crippen LogP contribution in [-0.2, 0) is 6.42 Å². The SMILES string of the molecule is O=C(NCCc1ccco1)c1cnc2c(S)cccc2c1. The van der Waals surface area contributed by atoms with E-state index < -0.39 is 0 Å². The van der Waals surface area contributed by atoms with Crippen LogP contribution in [0, 0.1) is 0 Å². The van der Waals surface area contributed by atoms with E-state index in [1.807, 2.05) is 36.4 Å². The molecule has 0 bridgehead atoms. The Labute approximate surface area is 127 Å². The lowest BCUT2D eigenvalue weighted by Gasteiger charge is -2.06. The molecule has 1 aromatic carbocycles. The van der Waals surface area contributed by atoms with Crippen LogP contribution in [0.1, 0.15) is 16.1 Å². The highest BCUT2D eigenvalue weighted by Gasteiger charge is 2.08. The third kappa shape index (κ3) is 3.08. The molecule has 0 atom stereocenters. The number of fused-ring (bicyclic) bond motifs is 1. The van der Waals surface area contributed by atoms with Crippen LogP contribution < -0.4 is 5.32 Å². The van der Waals surface area contributed by atoms with Crippen LogP contribution in [0.5, 0.6) is 0 Å². The first-order valence-electron chi connectivity index (χ1n) is 6.62. The van der Waals surface area contributed by atoms with E-state index in [1.165, 1.54) is 0 Å².